The minimum Gasteiger partial charge on any atom is -0.466 e. The molecule has 118 valence electrons. The maximum Gasteiger partial charge on any atom is 0.257 e. The molecular formula is C16H26N2O3. The zero-order valence-electron chi connectivity index (χ0n) is 13.7. The van der Waals surface area contributed by atoms with Gasteiger partial charge in [-0.05, 0) is 46.9 Å². The maximum absolute atomic E-state index is 12.6. The number of rotatable bonds is 4. The van der Waals surface area contributed by atoms with Crippen molar-refractivity contribution in [2.24, 2.45) is 0 Å². The summed E-state index contributed by atoms with van der Waals surface area (Å²) in [5, 5.41) is 0. The molecule has 0 aromatic carbocycles. The highest BCUT2D eigenvalue weighted by molar-refractivity contribution is 5.95. The monoisotopic (exact) mass is 294 g/mol. The average molecular weight is 294 g/mol. The maximum atomic E-state index is 12.6. The molecule has 21 heavy (non-hydrogen) atoms. The van der Waals surface area contributed by atoms with E-state index in [9.17, 15) is 4.79 Å². The van der Waals surface area contributed by atoms with Crippen LogP contribution in [0.15, 0.2) is 10.5 Å². The van der Waals surface area contributed by atoms with Crippen molar-refractivity contribution in [2.75, 3.05) is 40.8 Å². The number of hydrogen-bond donors (Lipinski definition) is 0. The number of ether oxygens (including phenoxy) is 1. The van der Waals surface area contributed by atoms with Crippen LogP contribution in [0, 0.1) is 13.8 Å². The van der Waals surface area contributed by atoms with E-state index in [1.807, 2.05) is 24.8 Å². The van der Waals surface area contributed by atoms with Crippen LogP contribution in [-0.2, 0) is 4.74 Å². The lowest BCUT2D eigenvalue weighted by molar-refractivity contribution is -0.0654. The lowest BCUT2D eigenvalue weighted by Crippen LogP contribution is -2.52. The number of carbonyl (C=O) groups is 1. The van der Waals surface area contributed by atoms with E-state index in [2.05, 4.69) is 19.0 Å². The van der Waals surface area contributed by atoms with Crippen LogP contribution in [0.3, 0.4) is 0 Å². The molecule has 0 N–H and O–H groups in total. The predicted octanol–water partition coefficient (Wildman–Crippen LogP) is 2.08. The van der Waals surface area contributed by atoms with Crippen LogP contribution in [0.1, 0.15) is 34.7 Å². The molecule has 5 heteroatoms. The topological polar surface area (TPSA) is 45.9 Å². The third-order valence-electron chi connectivity index (χ3n) is 4.27. The molecule has 1 aromatic rings. The van der Waals surface area contributed by atoms with Crippen molar-refractivity contribution < 1.29 is 13.9 Å². The molecule has 5 nitrogen and oxygen atoms in total. The summed E-state index contributed by atoms with van der Waals surface area (Å²) in [6.07, 6.45) is 1.73. The molecule has 1 saturated heterocycles. The Hall–Kier alpha value is -1.33. The van der Waals surface area contributed by atoms with Gasteiger partial charge in [-0.1, -0.05) is 0 Å². The highest BCUT2D eigenvalue weighted by Gasteiger charge is 2.37. The van der Waals surface area contributed by atoms with Gasteiger partial charge < -0.3 is 19.0 Å². The molecule has 1 aliphatic rings. The number of likely N-dealkylation sites (N-methyl/N-ethyl adjacent to an activating group) is 1. The van der Waals surface area contributed by atoms with Gasteiger partial charge >= 0.3 is 0 Å². The lowest BCUT2D eigenvalue weighted by atomic mass is 9.90. The zero-order chi connectivity index (χ0) is 15.6. The Morgan fingerprint density at radius 1 is 1.38 bits per heavy atom. The largest absolute Gasteiger partial charge is 0.466 e. The zero-order valence-corrected chi connectivity index (χ0v) is 13.7. The van der Waals surface area contributed by atoms with Gasteiger partial charge in [0.25, 0.3) is 5.91 Å². The molecule has 0 aliphatic carbocycles. The Bertz CT molecular complexity index is 500. The van der Waals surface area contributed by atoms with Gasteiger partial charge in [0, 0.05) is 26.7 Å². The summed E-state index contributed by atoms with van der Waals surface area (Å²) in [6.45, 7) is 6.05. The van der Waals surface area contributed by atoms with Crippen molar-refractivity contribution in [1.29, 1.82) is 0 Å². The molecule has 0 saturated carbocycles. The van der Waals surface area contributed by atoms with Gasteiger partial charge in [0.1, 0.15) is 11.5 Å². The third-order valence-corrected chi connectivity index (χ3v) is 4.27. The minimum atomic E-state index is -0.137. The van der Waals surface area contributed by atoms with Crippen molar-refractivity contribution in [3.63, 3.8) is 0 Å². The Morgan fingerprint density at radius 3 is 2.43 bits per heavy atom. The van der Waals surface area contributed by atoms with Crippen LogP contribution in [0.5, 0.6) is 0 Å². The summed E-state index contributed by atoms with van der Waals surface area (Å²) < 4.78 is 11.2. The van der Waals surface area contributed by atoms with Crippen molar-refractivity contribution in [3.8, 4) is 0 Å². The Morgan fingerprint density at radius 2 is 2.00 bits per heavy atom. The molecule has 2 rings (SSSR count). The fraction of sp³-hybridized carbons (Fsp3) is 0.688. The fourth-order valence-electron chi connectivity index (χ4n) is 3.13. The molecule has 1 fully saturated rings. The minimum absolute atomic E-state index is 0.0684. The third kappa shape index (κ3) is 3.47. The quantitative estimate of drug-likeness (QED) is 0.853. The normalized spacial score (nSPS) is 18.3. The summed E-state index contributed by atoms with van der Waals surface area (Å²) in [5.74, 6) is 1.56. The second-order valence-corrected chi connectivity index (χ2v) is 6.24. The van der Waals surface area contributed by atoms with Crippen LogP contribution in [0.4, 0.5) is 0 Å². The number of hydrogen-bond acceptors (Lipinski definition) is 4. The van der Waals surface area contributed by atoms with E-state index in [1.165, 1.54) is 0 Å². The van der Waals surface area contributed by atoms with E-state index in [4.69, 9.17) is 9.15 Å². The van der Waals surface area contributed by atoms with Gasteiger partial charge in [0.15, 0.2) is 0 Å². The predicted molar refractivity (Wildman–Crippen MR) is 81.6 cm³/mol. The highest BCUT2D eigenvalue weighted by atomic mass is 16.5. The highest BCUT2D eigenvalue weighted by Crippen LogP contribution is 2.28. The van der Waals surface area contributed by atoms with E-state index in [-0.39, 0.29) is 11.5 Å². The van der Waals surface area contributed by atoms with Gasteiger partial charge in [0.05, 0.1) is 11.2 Å². The summed E-state index contributed by atoms with van der Waals surface area (Å²) in [4.78, 5) is 16.6. The molecule has 0 bridgehead atoms. The first-order valence-electron chi connectivity index (χ1n) is 7.43. The number of piperidine rings is 1. The fourth-order valence-corrected chi connectivity index (χ4v) is 3.13. The van der Waals surface area contributed by atoms with Crippen LogP contribution in [0.25, 0.3) is 0 Å². The van der Waals surface area contributed by atoms with E-state index >= 15 is 0 Å². The van der Waals surface area contributed by atoms with Crippen LogP contribution >= 0.6 is 0 Å². The second kappa shape index (κ2) is 6.20. The van der Waals surface area contributed by atoms with Crippen LogP contribution in [0.2, 0.25) is 0 Å². The second-order valence-electron chi connectivity index (χ2n) is 6.24. The number of likely N-dealkylation sites (tertiary alicyclic amines) is 1. The van der Waals surface area contributed by atoms with Gasteiger partial charge in [0.2, 0.25) is 0 Å². The van der Waals surface area contributed by atoms with E-state index in [0.717, 1.165) is 38.2 Å². The Labute approximate surface area is 126 Å². The van der Waals surface area contributed by atoms with Gasteiger partial charge in [-0.25, -0.2) is 0 Å². The Balaban J connectivity index is 2.03. The molecule has 0 spiro atoms. The number of nitrogens with zero attached hydrogens (tertiary/aromatic N) is 2. The van der Waals surface area contributed by atoms with Gasteiger partial charge in [-0.2, -0.15) is 0 Å². The molecule has 0 radical (unpaired) electrons. The van der Waals surface area contributed by atoms with Crippen molar-refractivity contribution >= 4 is 5.91 Å². The number of furan rings is 1. The standard InChI is InChI=1S/C16H26N2O3/c1-12-10-14(13(2)21-12)15(19)18-8-6-16(20-5,7-9-18)11-17(3)4/h10H,6-9,11H2,1-5H3. The van der Waals surface area contributed by atoms with Gasteiger partial charge in [-0.15, -0.1) is 0 Å². The van der Waals surface area contributed by atoms with Crippen molar-refractivity contribution in [2.45, 2.75) is 32.3 Å². The molecule has 1 amide bonds. The van der Waals surface area contributed by atoms with Crippen molar-refractivity contribution in [3.05, 3.63) is 23.2 Å². The number of methoxy groups -OCH3 is 1. The van der Waals surface area contributed by atoms with Crippen molar-refractivity contribution in [1.82, 2.24) is 9.80 Å². The summed E-state index contributed by atoms with van der Waals surface area (Å²) in [6, 6.07) is 1.83. The van der Waals surface area contributed by atoms with Crippen LogP contribution in [-0.4, -0.2) is 62.1 Å². The summed E-state index contributed by atoms with van der Waals surface area (Å²) in [7, 11) is 5.87. The molecular weight excluding hydrogens is 268 g/mol. The van der Waals surface area contributed by atoms with E-state index in [1.54, 1.807) is 7.11 Å². The smallest absolute Gasteiger partial charge is 0.257 e. The molecule has 1 aromatic heterocycles. The average Bonchev–Trinajstić information content (AvgIpc) is 2.77. The first-order valence-corrected chi connectivity index (χ1v) is 7.43. The van der Waals surface area contributed by atoms with Crippen LogP contribution < -0.4 is 0 Å². The molecule has 2 heterocycles. The number of carbonyl (C=O) groups excluding carboxylic acids is 1. The van der Waals surface area contributed by atoms with E-state index < -0.39 is 0 Å². The Kier molecular flexibility index (Phi) is 4.74. The first-order chi connectivity index (χ1) is 9.87. The number of amides is 1. The first kappa shape index (κ1) is 16.0. The summed E-state index contributed by atoms with van der Waals surface area (Å²) >= 11 is 0. The molecule has 1 aliphatic heterocycles. The summed E-state index contributed by atoms with van der Waals surface area (Å²) in [5.41, 5.74) is 0.548. The number of aryl methyl sites for hydroxylation is 2. The van der Waals surface area contributed by atoms with E-state index in [0.29, 0.717) is 11.3 Å². The van der Waals surface area contributed by atoms with Gasteiger partial charge in [-0.3, -0.25) is 4.79 Å². The SMILES string of the molecule is COC1(CN(C)C)CCN(C(=O)c2cc(C)oc2C)CC1. The molecule has 0 unspecified atom stereocenters. The molecule has 0 atom stereocenters. The lowest BCUT2D eigenvalue weighted by Gasteiger charge is -2.42.